The molecule has 0 spiro atoms. The summed E-state index contributed by atoms with van der Waals surface area (Å²) in [6.45, 7) is 2.29. The number of halogens is 1. The first-order valence-corrected chi connectivity index (χ1v) is 10.4. The Morgan fingerprint density at radius 3 is 2.67 bits per heavy atom. The maximum atomic E-state index is 13.4. The van der Waals surface area contributed by atoms with Gasteiger partial charge in [0.25, 0.3) is 0 Å². The molecular formula is C23H21FN2S. The Kier molecular flexibility index (Phi) is 4.38. The molecule has 2 aliphatic heterocycles. The zero-order chi connectivity index (χ0) is 18.2. The van der Waals surface area contributed by atoms with Crippen LogP contribution in [-0.2, 0) is 0 Å². The highest BCUT2D eigenvalue weighted by Gasteiger charge is 2.29. The number of hydrogen-bond acceptors (Lipinski definition) is 3. The van der Waals surface area contributed by atoms with E-state index >= 15 is 0 Å². The topological polar surface area (TPSA) is 16.1 Å². The van der Waals surface area contributed by atoms with Crippen LogP contribution in [0.25, 0.3) is 27.1 Å². The third-order valence-electron chi connectivity index (χ3n) is 5.74. The van der Waals surface area contributed by atoms with Crippen molar-refractivity contribution in [1.29, 1.82) is 0 Å². The van der Waals surface area contributed by atoms with E-state index in [1.165, 1.54) is 46.5 Å². The van der Waals surface area contributed by atoms with Crippen molar-refractivity contribution in [1.82, 2.24) is 9.88 Å². The minimum absolute atomic E-state index is 0.197. The van der Waals surface area contributed by atoms with Gasteiger partial charge in [0, 0.05) is 35.4 Å². The van der Waals surface area contributed by atoms with Crippen LogP contribution < -0.4 is 0 Å². The molecule has 0 aliphatic carbocycles. The number of thiophene rings is 1. The molecule has 2 aromatic heterocycles. The molecule has 27 heavy (non-hydrogen) atoms. The second-order valence-corrected chi connectivity index (χ2v) is 8.20. The predicted molar refractivity (Wildman–Crippen MR) is 110 cm³/mol. The van der Waals surface area contributed by atoms with Crippen molar-refractivity contribution in [3.63, 3.8) is 0 Å². The van der Waals surface area contributed by atoms with Crippen molar-refractivity contribution in [3.05, 3.63) is 71.6 Å². The number of benzene rings is 1. The van der Waals surface area contributed by atoms with E-state index in [1.807, 2.05) is 24.5 Å². The summed E-state index contributed by atoms with van der Waals surface area (Å²) in [7, 11) is 0. The highest BCUT2D eigenvalue weighted by Crippen LogP contribution is 2.45. The van der Waals surface area contributed by atoms with Gasteiger partial charge in [0.15, 0.2) is 0 Å². The second kappa shape index (κ2) is 7.02. The minimum atomic E-state index is -0.197. The lowest BCUT2D eigenvalue weighted by molar-refractivity contribution is 0.275. The lowest BCUT2D eigenvalue weighted by Gasteiger charge is -2.29. The van der Waals surface area contributed by atoms with Gasteiger partial charge in [-0.2, -0.15) is 0 Å². The first-order valence-electron chi connectivity index (χ1n) is 9.51. The van der Waals surface area contributed by atoms with Crippen LogP contribution in [0.5, 0.6) is 0 Å². The monoisotopic (exact) mass is 376 g/mol. The standard InChI is InChI=1S/C23H21FN2S/c24-19-5-3-17(4-6-19)23-22(16-7-10-25-11-8-16)21(15-27-23)18-9-13-26-12-1-2-20(26)14-18/h3-11,15,20H,1-2,12-14H2/t20-/m0/s1. The molecule has 2 nitrogen and oxygen atoms in total. The van der Waals surface area contributed by atoms with Gasteiger partial charge >= 0.3 is 0 Å². The minimum Gasteiger partial charge on any atom is -0.296 e. The van der Waals surface area contributed by atoms with Crippen LogP contribution in [0.4, 0.5) is 4.39 Å². The van der Waals surface area contributed by atoms with Crippen LogP contribution in [0, 0.1) is 5.82 Å². The summed E-state index contributed by atoms with van der Waals surface area (Å²) in [5.74, 6) is -0.197. The molecular weight excluding hydrogens is 355 g/mol. The molecule has 0 bridgehead atoms. The first kappa shape index (κ1) is 16.8. The molecule has 1 aromatic carbocycles. The molecule has 1 fully saturated rings. The van der Waals surface area contributed by atoms with E-state index in [-0.39, 0.29) is 5.82 Å². The van der Waals surface area contributed by atoms with Crippen molar-refractivity contribution in [2.75, 3.05) is 13.1 Å². The van der Waals surface area contributed by atoms with E-state index < -0.39 is 0 Å². The zero-order valence-corrected chi connectivity index (χ0v) is 15.9. The van der Waals surface area contributed by atoms with Crippen molar-refractivity contribution in [3.8, 4) is 21.6 Å². The average molecular weight is 377 g/mol. The molecule has 0 amide bonds. The van der Waals surface area contributed by atoms with Crippen LogP contribution >= 0.6 is 11.3 Å². The van der Waals surface area contributed by atoms with Gasteiger partial charge in [-0.1, -0.05) is 18.2 Å². The Morgan fingerprint density at radius 1 is 1.04 bits per heavy atom. The summed E-state index contributed by atoms with van der Waals surface area (Å²) >= 11 is 1.75. The summed E-state index contributed by atoms with van der Waals surface area (Å²) in [5.41, 5.74) is 6.28. The van der Waals surface area contributed by atoms with E-state index in [0.29, 0.717) is 6.04 Å². The molecule has 0 radical (unpaired) electrons. The fraction of sp³-hybridized carbons (Fsp3) is 0.261. The van der Waals surface area contributed by atoms with E-state index in [2.05, 4.69) is 33.5 Å². The van der Waals surface area contributed by atoms with Crippen LogP contribution in [0.2, 0.25) is 0 Å². The van der Waals surface area contributed by atoms with Gasteiger partial charge in [-0.25, -0.2) is 4.39 Å². The van der Waals surface area contributed by atoms with Crippen LogP contribution in [0.3, 0.4) is 0 Å². The number of rotatable bonds is 3. The number of nitrogens with zero attached hydrogens (tertiary/aromatic N) is 2. The summed E-state index contributed by atoms with van der Waals surface area (Å²) in [4.78, 5) is 7.99. The average Bonchev–Trinajstić information content (AvgIpc) is 3.35. The molecule has 0 N–H and O–H groups in total. The Labute approximate surface area is 163 Å². The summed E-state index contributed by atoms with van der Waals surface area (Å²) < 4.78 is 13.4. The Balaban J connectivity index is 1.63. The highest BCUT2D eigenvalue weighted by molar-refractivity contribution is 7.14. The molecule has 1 atom stereocenters. The fourth-order valence-electron chi connectivity index (χ4n) is 4.36. The fourth-order valence-corrected chi connectivity index (χ4v) is 5.49. The SMILES string of the molecule is Fc1ccc(-c2scc(C3=CCN4CCC[C@H]4C3)c2-c2ccncc2)cc1. The van der Waals surface area contributed by atoms with Gasteiger partial charge < -0.3 is 0 Å². The van der Waals surface area contributed by atoms with Gasteiger partial charge in [-0.15, -0.1) is 11.3 Å². The maximum absolute atomic E-state index is 13.4. The van der Waals surface area contributed by atoms with E-state index in [4.69, 9.17) is 0 Å². The molecule has 0 saturated carbocycles. The normalized spacial score (nSPS) is 19.7. The molecule has 5 rings (SSSR count). The van der Waals surface area contributed by atoms with Crippen molar-refractivity contribution in [2.45, 2.75) is 25.3 Å². The largest absolute Gasteiger partial charge is 0.296 e. The smallest absolute Gasteiger partial charge is 0.123 e. The highest BCUT2D eigenvalue weighted by atomic mass is 32.1. The Morgan fingerprint density at radius 2 is 1.85 bits per heavy atom. The second-order valence-electron chi connectivity index (χ2n) is 7.32. The summed E-state index contributed by atoms with van der Waals surface area (Å²) in [6, 6.07) is 11.7. The van der Waals surface area contributed by atoms with Crippen molar-refractivity contribution in [2.24, 2.45) is 0 Å². The predicted octanol–water partition coefficient (Wildman–Crippen LogP) is 5.87. The van der Waals surface area contributed by atoms with Crippen LogP contribution in [0.1, 0.15) is 24.8 Å². The number of pyridine rings is 1. The van der Waals surface area contributed by atoms with Gasteiger partial charge in [-0.05, 0) is 77.7 Å². The molecule has 4 heterocycles. The van der Waals surface area contributed by atoms with Gasteiger partial charge in [0.05, 0.1) is 0 Å². The van der Waals surface area contributed by atoms with Gasteiger partial charge in [0.2, 0.25) is 0 Å². The zero-order valence-electron chi connectivity index (χ0n) is 15.1. The molecule has 3 aromatic rings. The molecule has 136 valence electrons. The lowest BCUT2D eigenvalue weighted by Crippen LogP contribution is -2.32. The Bertz CT molecular complexity index is 975. The third kappa shape index (κ3) is 3.13. The molecule has 1 saturated heterocycles. The van der Waals surface area contributed by atoms with Gasteiger partial charge in [-0.3, -0.25) is 9.88 Å². The summed E-state index contributed by atoms with van der Waals surface area (Å²) in [6.07, 6.45) is 9.84. The summed E-state index contributed by atoms with van der Waals surface area (Å²) in [5, 5.41) is 2.28. The third-order valence-corrected chi connectivity index (χ3v) is 6.77. The van der Waals surface area contributed by atoms with E-state index in [0.717, 1.165) is 18.5 Å². The molecule has 2 aliphatic rings. The molecule has 0 unspecified atom stereocenters. The van der Waals surface area contributed by atoms with Crippen LogP contribution in [-0.4, -0.2) is 29.0 Å². The Hall–Kier alpha value is -2.30. The number of hydrogen-bond donors (Lipinski definition) is 0. The molecule has 4 heteroatoms. The van der Waals surface area contributed by atoms with Crippen molar-refractivity contribution >= 4 is 16.9 Å². The van der Waals surface area contributed by atoms with E-state index in [1.54, 1.807) is 23.5 Å². The maximum Gasteiger partial charge on any atom is 0.123 e. The van der Waals surface area contributed by atoms with E-state index in [9.17, 15) is 4.39 Å². The quantitative estimate of drug-likeness (QED) is 0.568. The van der Waals surface area contributed by atoms with Gasteiger partial charge in [0.1, 0.15) is 5.82 Å². The van der Waals surface area contributed by atoms with Crippen LogP contribution in [0.15, 0.2) is 60.2 Å². The number of aromatic nitrogens is 1. The lowest BCUT2D eigenvalue weighted by atomic mass is 9.90. The first-order chi connectivity index (χ1) is 13.3. The number of fused-ring (bicyclic) bond motifs is 1. The van der Waals surface area contributed by atoms with Crippen molar-refractivity contribution < 1.29 is 4.39 Å².